The van der Waals surface area contributed by atoms with E-state index in [0.717, 1.165) is 18.5 Å². The number of hydrogen-bond acceptors (Lipinski definition) is 3. The number of fused-ring (bicyclic) bond motifs is 2. The van der Waals surface area contributed by atoms with Crippen LogP contribution in [0.2, 0.25) is 0 Å². The summed E-state index contributed by atoms with van der Waals surface area (Å²) in [6, 6.07) is 4.94. The maximum Gasteiger partial charge on any atom is 0.109 e. The Balaban J connectivity index is 1.90. The van der Waals surface area contributed by atoms with Crippen LogP contribution >= 0.6 is 0 Å². The highest BCUT2D eigenvalue weighted by Crippen LogP contribution is 2.38. The molecule has 0 aliphatic carbocycles. The number of aryl methyl sites for hydroxylation is 1. The van der Waals surface area contributed by atoms with E-state index in [4.69, 9.17) is 0 Å². The number of nitrogens with one attached hydrogen (secondary N) is 1. The largest absolute Gasteiger partial charge is 0.383 e. The average Bonchev–Trinajstić information content (AvgIpc) is 2.28. The predicted molar refractivity (Wildman–Crippen MR) is 66.7 cm³/mol. The molecular weight excluding hydrogens is 212 g/mol. The van der Waals surface area contributed by atoms with Crippen molar-refractivity contribution in [2.24, 2.45) is 0 Å². The predicted octanol–water partition coefficient (Wildman–Crippen LogP) is 1.88. The fourth-order valence-electron chi connectivity index (χ4n) is 3.33. The molecule has 2 N–H and O–H groups in total. The van der Waals surface area contributed by atoms with Crippen molar-refractivity contribution in [2.45, 2.75) is 56.7 Å². The summed E-state index contributed by atoms with van der Waals surface area (Å²) < 4.78 is 0. The van der Waals surface area contributed by atoms with Crippen molar-refractivity contribution < 1.29 is 5.11 Å². The second kappa shape index (κ2) is 4.07. The summed E-state index contributed by atoms with van der Waals surface area (Å²) in [4.78, 5) is 4.38. The van der Waals surface area contributed by atoms with Gasteiger partial charge in [-0.3, -0.25) is 4.98 Å². The van der Waals surface area contributed by atoms with Crippen molar-refractivity contribution in [1.82, 2.24) is 10.3 Å². The molecule has 2 saturated heterocycles. The topological polar surface area (TPSA) is 45.2 Å². The van der Waals surface area contributed by atoms with Crippen molar-refractivity contribution in [1.29, 1.82) is 0 Å². The maximum absolute atomic E-state index is 10.9. The van der Waals surface area contributed by atoms with Crippen molar-refractivity contribution >= 4 is 0 Å². The van der Waals surface area contributed by atoms with Crippen LogP contribution in [-0.2, 0) is 5.60 Å². The van der Waals surface area contributed by atoms with E-state index in [-0.39, 0.29) is 0 Å². The van der Waals surface area contributed by atoms with E-state index in [1.54, 1.807) is 6.20 Å². The lowest BCUT2D eigenvalue weighted by Crippen LogP contribution is -2.54. The van der Waals surface area contributed by atoms with Gasteiger partial charge in [0.15, 0.2) is 0 Å². The molecule has 1 aromatic heterocycles. The van der Waals surface area contributed by atoms with E-state index in [9.17, 15) is 5.11 Å². The second-order valence-corrected chi connectivity index (χ2v) is 5.65. The molecule has 2 bridgehead atoms. The summed E-state index contributed by atoms with van der Waals surface area (Å²) in [5, 5.41) is 14.5. The second-order valence-electron chi connectivity index (χ2n) is 5.65. The first kappa shape index (κ1) is 11.2. The van der Waals surface area contributed by atoms with Gasteiger partial charge in [-0.05, 0) is 50.3 Å². The van der Waals surface area contributed by atoms with Gasteiger partial charge in [-0.25, -0.2) is 0 Å². The van der Waals surface area contributed by atoms with Crippen LogP contribution in [0, 0.1) is 6.92 Å². The number of aromatic nitrogens is 1. The highest BCUT2D eigenvalue weighted by molar-refractivity contribution is 5.21. The third kappa shape index (κ3) is 2.09. The Morgan fingerprint density at radius 2 is 2.06 bits per heavy atom. The minimum Gasteiger partial charge on any atom is -0.383 e. The molecule has 92 valence electrons. The summed E-state index contributed by atoms with van der Waals surface area (Å²) in [6.07, 6.45) is 7.08. The van der Waals surface area contributed by atoms with Gasteiger partial charge in [-0.1, -0.05) is 6.42 Å². The molecule has 2 aliphatic heterocycles. The van der Waals surface area contributed by atoms with Crippen LogP contribution < -0.4 is 5.32 Å². The van der Waals surface area contributed by atoms with Crippen LogP contribution in [0.4, 0.5) is 0 Å². The zero-order valence-corrected chi connectivity index (χ0v) is 10.3. The van der Waals surface area contributed by atoms with Gasteiger partial charge in [0, 0.05) is 18.3 Å². The molecule has 2 fully saturated rings. The molecule has 1 aromatic rings. The Bertz CT molecular complexity index is 406. The SMILES string of the molecule is Cc1ccnc(C2(O)CC3CCCC(C2)N3)c1. The van der Waals surface area contributed by atoms with Crippen LogP contribution in [0.5, 0.6) is 0 Å². The molecule has 0 aromatic carbocycles. The van der Waals surface area contributed by atoms with Gasteiger partial charge < -0.3 is 10.4 Å². The fraction of sp³-hybridized carbons (Fsp3) is 0.643. The van der Waals surface area contributed by atoms with Crippen molar-refractivity contribution in [3.05, 3.63) is 29.6 Å². The maximum atomic E-state index is 10.9. The van der Waals surface area contributed by atoms with Crippen molar-refractivity contribution in [3.8, 4) is 0 Å². The van der Waals surface area contributed by atoms with Gasteiger partial charge in [-0.2, -0.15) is 0 Å². The smallest absolute Gasteiger partial charge is 0.109 e. The Labute approximate surface area is 102 Å². The summed E-state index contributed by atoms with van der Waals surface area (Å²) in [6.45, 7) is 2.05. The third-order valence-electron chi connectivity index (χ3n) is 4.14. The molecule has 3 heterocycles. The van der Waals surface area contributed by atoms with Gasteiger partial charge in [-0.15, -0.1) is 0 Å². The minimum atomic E-state index is -0.715. The summed E-state index contributed by atoms with van der Waals surface area (Å²) in [7, 11) is 0. The Morgan fingerprint density at radius 3 is 2.71 bits per heavy atom. The van der Waals surface area contributed by atoms with E-state index in [0.29, 0.717) is 12.1 Å². The Kier molecular flexibility index (Phi) is 2.68. The fourth-order valence-corrected chi connectivity index (χ4v) is 3.33. The zero-order valence-electron chi connectivity index (χ0n) is 10.3. The molecule has 0 amide bonds. The van der Waals surface area contributed by atoms with Gasteiger partial charge in [0.2, 0.25) is 0 Å². The van der Waals surface area contributed by atoms with Gasteiger partial charge in [0.1, 0.15) is 5.60 Å². The first-order valence-corrected chi connectivity index (χ1v) is 6.57. The van der Waals surface area contributed by atoms with Crippen LogP contribution in [0.15, 0.2) is 18.3 Å². The molecule has 0 spiro atoms. The number of pyridine rings is 1. The van der Waals surface area contributed by atoms with Crippen molar-refractivity contribution in [2.75, 3.05) is 0 Å². The summed E-state index contributed by atoms with van der Waals surface area (Å²) in [5.74, 6) is 0. The molecule has 2 atom stereocenters. The lowest BCUT2D eigenvalue weighted by molar-refractivity contribution is -0.0392. The molecule has 17 heavy (non-hydrogen) atoms. The molecule has 3 rings (SSSR count). The lowest BCUT2D eigenvalue weighted by Gasteiger charge is -2.45. The average molecular weight is 232 g/mol. The lowest BCUT2D eigenvalue weighted by atomic mass is 9.75. The van der Waals surface area contributed by atoms with Gasteiger partial charge in [0.25, 0.3) is 0 Å². The molecule has 0 radical (unpaired) electrons. The standard InChI is InChI=1S/C14H20N2O/c1-10-5-6-15-13(7-10)14(17)8-11-3-2-4-12(9-14)16-11/h5-7,11-12,16-17H,2-4,8-9H2,1H3. The number of aliphatic hydroxyl groups is 1. The van der Waals surface area contributed by atoms with Crippen LogP contribution in [0.3, 0.4) is 0 Å². The number of nitrogens with zero attached hydrogens (tertiary/aromatic N) is 1. The van der Waals surface area contributed by atoms with Crippen LogP contribution in [-0.4, -0.2) is 22.2 Å². The summed E-state index contributed by atoms with van der Waals surface area (Å²) >= 11 is 0. The number of rotatable bonds is 1. The molecule has 3 heteroatoms. The minimum absolute atomic E-state index is 0.467. The highest BCUT2D eigenvalue weighted by Gasteiger charge is 2.42. The first-order chi connectivity index (χ1) is 8.16. The highest BCUT2D eigenvalue weighted by atomic mass is 16.3. The molecule has 2 aliphatic rings. The summed E-state index contributed by atoms with van der Waals surface area (Å²) in [5.41, 5.74) is 1.32. The molecule has 0 saturated carbocycles. The van der Waals surface area contributed by atoms with Crippen LogP contribution in [0.1, 0.15) is 43.4 Å². The van der Waals surface area contributed by atoms with Gasteiger partial charge >= 0.3 is 0 Å². The first-order valence-electron chi connectivity index (χ1n) is 6.57. The third-order valence-corrected chi connectivity index (χ3v) is 4.14. The zero-order chi connectivity index (χ0) is 11.9. The van der Waals surface area contributed by atoms with E-state index < -0.39 is 5.60 Å². The Hall–Kier alpha value is -0.930. The van der Waals surface area contributed by atoms with E-state index >= 15 is 0 Å². The van der Waals surface area contributed by atoms with E-state index in [2.05, 4.69) is 17.2 Å². The number of hydrogen-bond donors (Lipinski definition) is 2. The Morgan fingerprint density at radius 1 is 1.35 bits per heavy atom. The molecule has 2 unspecified atom stereocenters. The molecular formula is C14H20N2O. The van der Waals surface area contributed by atoms with E-state index in [1.165, 1.54) is 24.8 Å². The van der Waals surface area contributed by atoms with E-state index in [1.807, 2.05) is 12.1 Å². The van der Waals surface area contributed by atoms with Gasteiger partial charge in [0.05, 0.1) is 5.69 Å². The molecule has 3 nitrogen and oxygen atoms in total. The normalized spacial score (nSPS) is 36.8. The number of piperidine rings is 2. The quantitative estimate of drug-likeness (QED) is 0.777. The van der Waals surface area contributed by atoms with Crippen LogP contribution in [0.25, 0.3) is 0 Å². The van der Waals surface area contributed by atoms with Crippen molar-refractivity contribution in [3.63, 3.8) is 0 Å². The monoisotopic (exact) mass is 232 g/mol.